The number of nitrogens with one attached hydrogen (secondary N) is 4. The fraction of sp³-hybridized carbons (Fsp3) is 0.586. The van der Waals surface area contributed by atoms with Gasteiger partial charge in [-0.25, -0.2) is 4.79 Å². The van der Waals surface area contributed by atoms with E-state index in [0.717, 1.165) is 50.9 Å². The minimum absolute atomic E-state index is 0.0766. The highest BCUT2D eigenvalue weighted by molar-refractivity contribution is 5.94. The summed E-state index contributed by atoms with van der Waals surface area (Å²) in [7, 11) is 0. The van der Waals surface area contributed by atoms with E-state index in [2.05, 4.69) is 44.7 Å². The third-order valence-corrected chi connectivity index (χ3v) is 6.79. The quantitative estimate of drug-likeness (QED) is 0.142. The first-order chi connectivity index (χ1) is 19.0. The molecule has 214 valence electrons. The Morgan fingerprint density at radius 2 is 1.51 bits per heavy atom. The first kappa shape index (κ1) is 30.1. The predicted molar refractivity (Wildman–Crippen MR) is 159 cm³/mol. The van der Waals surface area contributed by atoms with Crippen LogP contribution in [0, 0.1) is 0 Å². The van der Waals surface area contributed by atoms with Crippen molar-refractivity contribution in [1.82, 2.24) is 30.2 Å². The summed E-state index contributed by atoms with van der Waals surface area (Å²) in [6, 6.07) is 7.31. The molecule has 0 atom stereocenters. The van der Waals surface area contributed by atoms with Crippen molar-refractivity contribution in [2.75, 3.05) is 37.2 Å². The van der Waals surface area contributed by atoms with Crippen LogP contribution < -0.4 is 27.4 Å². The van der Waals surface area contributed by atoms with Crippen LogP contribution in [-0.4, -0.2) is 51.6 Å². The summed E-state index contributed by atoms with van der Waals surface area (Å²) >= 11 is 0. The van der Waals surface area contributed by atoms with E-state index in [1.165, 1.54) is 43.1 Å². The lowest BCUT2D eigenvalue weighted by molar-refractivity contribution is 0.0953. The number of nitrogen functional groups attached to an aromatic ring is 1. The summed E-state index contributed by atoms with van der Waals surface area (Å²) in [5.41, 5.74) is 8.14. The van der Waals surface area contributed by atoms with Crippen LogP contribution in [0.3, 0.4) is 0 Å². The monoisotopic (exact) mass is 538 g/mol. The van der Waals surface area contributed by atoms with Crippen molar-refractivity contribution in [1.29, 1.82) is 0 Å². The molecule has 3 aromatic rings. The second kappa shape index (κ2) is 16.5. The van der Waals surface area contributed by atoms with Gasteiger partial charge in [-0.3, -0.25) is 9.36 Å². The van der Waals surface area contributed by atoms with E-state index < -0.39 is 0 Å². The number of carbonyl (C=O) groups is 1. The number of anilines is 2. The zero-order valence-corrected chi connectivity index (χ0v) is 23.7. The van der Waals surface area contributed by atoms with Crippen LogP contribution in [0.15, 0.2) is 29.1 Å². The topological polar surface area (TPSA) is 143 Å². The summed E-state index contributed by atoms with van der Waals surface area (Å²) < 4.78 is 1.54. The smallest absolute Gasteiger partial charge is 0.328 e. The number of H-pyrrole nitrogens is 1. The van der Waals surface area contributed by atoms with Gasteiger partial charge in [0.1, 0.15) is 5.52 Å². The highest BCUT2D eigenvalue weighted by Crippen LogP contribution is 2.18. The largest absolute Gasteiger partial charge is 0.382 e. The molecule has 10 nitrogen and oxygen atoms in total. The van der Waals surface area contributed by atoms with E-state index >= 15 is 0 Å². The van der Waals surface area contributed by atoms with Gasteiger partial charge in [-0.1, -0.05) is 64.5 Å². The zero-order valence-electron chi connectivity index (χ0n) is 23.7. The number of rotatable bonds is 19. The van der Waals surface area contributed by atoms with E-state index in [1.54, 1.807) is 12.1 Å². The van der Waals surface area contributed by atoms with Gasteiger partial charge in [0.25, 0.3) is 5.91 Å². The third-order valence-electron chi connectivity index (χ3n) is 6.79. The molecule has 10 heteroatoms. The second-order valence-electron chi connectivity index (χ2n) is 10.1. The van der Waals surface area contributed by atoms with Crippen molar-refractivity contribution >= 4 is 28.8 Å². The van der Waals surface area contributed by atoms with E-state index in [1.807, 2.05) is 12.1 Å². The molecule has 2 aromatic heterocycles. The van der Waals surface area contributed by atoms with Crippen LogP contribution in [0.2, 0.25) is 0 Å². The van der Waals surface area contributed by atoms with Crippen molar-refractivity contribution in [2.24, 2.45) is 0 Å². The molecule has 0 aliphatic carbocycles. The maximum absolute atomic E-state index is 12.6. The number of nitrogens with zero attached hydrogens (tertiary/aromatic N) is 3. The molecule has 0 fully saturated rings. The Kier molecular flexibility index (Phi) is 12.8. The second-order valence-corrected chi connectivity index (χ2v) is 10.1. The fourth-order valence-corrected chi connectivity index (χ4v) is 4.41. The molecular weight excluding hydrogens is 492 g/mol. The van der Waals surface area contributed by atoms with Crippen LogP contribution in [0.1, 0.15) is 94.0 Å². The van der Waals surface area contributed by atoms with E-state index in [0.29, 0.717) is 35.8 Å². The van der Waals surface area contributed by atoms with Gasteiger partial charge >= 0.3 is 5.69 Å². The molecule has 0 saturated carbocycles. The molecule has 1 aromatic carbocycles. The van der Waals surface area contributed by atoms with Crippen molar-refractivity contribution in [3.63, 3.8) is 0 Å². The Labute approximate surface area is 231 Å². The average Bonchev–Trinajstić information content (AvgIpc) is 3.25. The van der Waals surface area contributed by atoms with Crippen molar-refractivity contribution in [3.8, 4) is 0 Å². The number of hydrogen-bond acceptors (Lipinski definition) is 7. The van der Waals surface area contributed by atoms with E-state index in [9.17, 15) is 9.59 Å². The summed E-state index contributed by atoms with van der Waals surface area (Å²) in [5.74, 6) is 0.563. The molecule has 2 heterocycles. The minimum Gasteiger partial charge on any atom is -0.382 e. The lowest BCUT2D eigenvalue weighted by Crippen LogP contribution is -2.24. The van der Waals surface area contributed by atoms with Crippen LogP contribution in [0.5, 0.6) is 0 Å². The van der Waals surface area contributed by atoms with Crippen molar-refractivity contribution in [3.05, 3.63) is 45.9 Å². The molecule has 0 spiro atoms. The number of aromatic amines is 1. The number of amides is 1. The lowest BCUT2D eigenvalue weighted by atomic mass is 10.1. The Hall–Kier alpha value is -3.40. The molecule has 6 N–H and O–H groups in total. The van der Waals surface area contributed by atoms with Crippen LogP contribution in [-0.2, 0) is 6.54 Å². The van der Waals surface area contributed by atoms with Gasteiger partial charge < -0.3 is 26.7 Å². The Bertz CT molecular complexity index is 1200. The Balaban J connectivity index is 1.43. The highest BCUT2D eigenvalue weighted by atomic mass is 16.2. The molecule has 0 saturated heterocycles. The normalized spacial score (nSPS) is 11.2. The molecule has 0 aliphatic rings. The van der Waals surface area contributed by atoms with Gasteiger partial charge in [-0.2, -0.15) is 9.97 Å². The van der Waals surface area contributed by atoms with Gasteiger partial charge in [0, 0.05) is 18.7 Å². The van der Waals surface area contributed by atoms with Crippen LogP contribution in [0.25, 0.3) is 11.2 Å². The molecular formula is C29H46N8O2. The standard InChI is InChI=1S/C29H46N8O2/c1-3-5-17-31-18-11-9-7-8-10-12-20-32-27(38)23-15-13-22(14-16-23)21-37-26-24(34-29(37)39)25(30)35-28(36-26)33-19-6-4-2/h13-16,31H,3-12,17-21H2,1-2H3,(H,32,38)(H,34,39)(H3,30,33,35,36). The third kappa shape index (κ3) is 9.69. The number of benzene rings is 1. The number of hydrogen-bond donors (Lipinski definition) is 5. The molecule has 0 unspecified atom stereocenters. The number of carbonyl (C=O) groups excluding carboxylic acids is 1. The molecule has 1 amide bonds. The maximum atomic E-state index is 12.6. The maximum Gasteiger partial charge on any atom is 0.328 e. The summed E-state index contributed by atoms with van der Waals surface area (Å²) in [5, 5.41) is 9.66. The van der Waals surface area contributed by atoms with Crippen molar-refractivity contribution in [2.45, 2.75) is 84.6 Å². The highest BCUT2D eigenvalue weighted by Gasteiger charge is 2.14. The summed E-state index contributed by atoms with van der Waals surface area (Å²) in [6.45, 7) is 8.29. The van der Waals surface area contributed by atoms with Gasteiger partial charge in [0.05, 0.1) is 6.54 Å². The zero-order chi connectivity index (χ0) is 27.9. The average molecular weight is 539 g/mol. The number of nitrogens with two attached hydrogens (primary N) is 1. The summed E-state index contributed by atoms with van der Waals surface area (Å²) in [4.78, 5) is 36.7. The van der Waals surface area contributed by atoms with Gasteiger partial charge in [-0.05, 0) is 56.5 Å². The molecule has 0 bridgehead atoms. The first-order valence-corrected chi connectivity index (χ1v) is 14.6. The first-order valence-electron chi connectivity index (χ1n) is 14.6. The number of aromatic nitrogens is 4. The van der Waals surface area contributed by atoms with Crippen molar-refractivity contribution < 1.29 is 4.79 Å². The van der Waals surface area contributed by atoms with Gasteiger partial charge in [0.15, 0.2) is 11.5 Å². The predicted octanol–water partition coefficient (Wildman–Crippen LogP) is 4.42. The number of unbranched alkanes of at least 4 members (excludes halogenated alkanes) is 7. The molecule has 0 radical (unpaired) electrons. The fourth-order valence-electron chi connectivity index (χ4n) is 4.41. The van der Waals surface area contributed by atoms with E-state index in [4.69, 9.17) is 5.73 Å². The van der Waals surface area contributed by atoms with Gasteiger partial charge in [-0.15, -0.1) is 0 Å². The Morgan fingerprint density at radius 3 is 2.23 bits per heavy atom. The van der Waals surface area contributed by atoms with Crippen LogP contribution in [0.4, 0.5) is 11.8 Å². The van der Waals surface area contributed by atoms with Crippen LogP contribution >= 0.6 is 0 Å². The molecule has 3 rings (SSSR count). The lowest BCUT2D eigenvalue weighted by Gasteiger charge is -2.08. The Morgan fingerprint density at radius 1 is 0.872 bits per heavy atom. The number of fused-ring (bicyclic) bond motifs is 1. The summed E-state index contributed by atoms with van der Waals surface area (Å²) in [6.07, 6.45) is 11.6. The van der Waals surface area contributed by atoms with Gasteiger partial charge in [0.2, 0.25) is 5.95 Å². The SMILES string of the molecule is CCCCNCCCCCCCCNC(=O)c1ccc(Cn2c(=O)[nH]c3c(N)nc(NCCCC)nc32)cc1. The minimum atomic E-state index is -0.304. The number of imidazole rings is 1. The molecule has 0 aliphatic heterocycles. The molecule has 39 heavy (non-hydrogen) atoms. The van der Waals surface area contributed by atoms with E-state index in [-0.39, 0.29) is 17.4 Å².